The third-order valence-corrected chi connectivity index (χ3v) is 6.13. The first kappa shape index (κ1) is 19.5. The highest BCUT2D eigenvalue weighted by molar-refractivity contribution is 6.15. The van der Waals surface area contributed by atoms with Crippen LogP contribution in [-0.4, -0.2) is 0 Å². The minimum Gasteiger partial charge on any atom is -0.454 e. The van der Waals surface area contributed by atoms with Crippen LogP contribution in [0.15, 0.2) is 71.3 Å². The largest absolute Gasteiger partial charge is 0.454 e. The molecule has 0 radical (unpaired) electrons. The molecule has 0 aliphatic heterocycles. The van der Waals surface area contributed by atoms with E-state index in [-0.39, 0.29) is 5.56 Å². The molecule has 0 atom stereocenters. The Bertz CT molecular complexity index is 1680. The van der Waals surface area contributed by atoms with Crippen LogP contribution in [0.3, 0.4) is 0 Å². The molecule has 2 aromatic heterocycles. The van der Waals surface area contributed by atoms with Crippen molar-refractivity contribution in [2.45, 2.75) is 27.1 Å². The Morgan fingerprint density at radius 1 is 1.09 bits per heavy atom. The van der Waals surface area contributed by atoms with Gasteiger partial charge in [-0.05, 0) is 42.5 Å². The summed E-state index contributed by atoms with van der Waals surface area (Å²) in [5.74, 6) is -1.00. The van der Waals surface area contributed by atoms with Gasteiger partial charge in [-0.25, -0.2) is 4.39 Å². The maximum atomic E-state index is 15.0. The van der Waals surface area contributed by atoms with Gasteiger partial charge in [-0.3, -0.25) is 0 Å². The van der Waals surface area contributed by atoms with E-state index in [9.17, 15) is 5.26 Å². The average Bonchev–Trinajstić information content (AvgIpc) is 3.24. The SMILES string of the molecule is [2H]C([2H])(c1cc(-c2c(C)ccc3c2oc2c(-c4ccccc4)ccc(C#N)c23)[n+](C)cc1F)C(C)C. The number of nitriles is 1. The van der Waals surface area contributed by atoms with Gasteiger partial charge in [0.05, 0.1) is 17.2 Å². The molecule has 0 saturated heterocycles. The highest BCUT2D eigenvalue weighted by Gasteiger charge is 2.25. The number of benzene rings is 3. The highest BCUT2D eigenvalue weighted by Crippen LogP contribution is 2.42. The molecule has 0 aliphatic rings. The van der Waals surface area contributed by atoms with Crippen molar-refractivity contribution in [2.75, 3.05) is 0 Å². The van der Waals surface area contributed by atoms with Crippen molar-refractivity contribution in [3.8, 4) is 28.5 Å². The third-order valence-electron chi connectivity index (χ3n) is 6.13. The Hall–Kier alpha value is -3.97. The molecule has 0 saturated carbocycles. The second-order valence-electron chi connectivity index (χ2n) is 8.91. The molecule has 0 N–H and O–H groups in total. The van der Waals surface area contributed by atoms with Crippen LogP contribution in [0.5, 0.6) is 0 Å². The van der Waals surface area contributed by atoms with Gasteiger partial charge >= 0.3 is 0 Å². The van der Waals surface area contributed by atoms with Gasteiger partial charge in [-0.1, -0.05) is 56.3 Å². The standard InChI is InChI=1S/C30H26FN2O/c1-18(2)14-22-15-26(33(4)17-25(22)31)27-19(3)10-12-24-28-21(16-32)11-13-23(29(28)34-30(24)27)20-8-6-5-7-9-20/h5-13,15,17-18H,14H2,1-4H3/q+1/i14D2. The Kier molecular flexibility index (Phi) is 4.83. The Morgan fingerprint density at radius 2 is 1.85 bits per heavy atom. The summed E-state index contributed by atoms with van der Waals surface area (Å²) in [6, 6.07) is 21.4. The van der Waals surface area contributed by atoms with Crippen LogP contribution in [0.2, 0.25) is 0 Å². The Morgan fingerprint density at radius 3 is 2.56 bits per heavy atom. The lowest BCUT2D eigenvalue weighted by atomic mass is 9.95. The second-order valence-corrected chi connectivity index (χ2v) is 8.91. The Balaban J connectivity index is 1.89. The van der Waals surface area contributed by atoms with Gasteiger partial charge < -0.3 is 4.42 Å². The lowest BCUT2D eigenvalue weighted by Gasteiger charge is -2.10. The smallest absolute Gasteiger partial charge is 0.216 e. The molecule has 0 unspecified atom stereocenters. The van der Waals surface area contributed by atoms with Crippen molar-refractivity contribution < 1.29 is 16.1 Å². The lowest BCUT2D eigenvalue weighted by molar-refractivity contribution is -0.662. The van der Waals surface area contributed by atoms with Gasteiger partial charge in [-0.15, -0.1) is 0 Å². The van der Waals surface area contributed by atoms with Crippen LogP contribution >= 0.6 is 0 Å². The van der Waals surface area contributed by atoms with E-state index in [1.54, 1.807) is 31.5 Å². The van der Waals surface area contributed by atoms with Crippen molar-refractivity contribution in [2.24, 2.45) is 13.0 Å². The molecular weight excluding hydrogens is 423 g/mol. The summed E-state index contributed by atoms with van der Waals surface area (Å²) in [6.07, 6.45) is -0.529. The van der Waals surface area contributed by atoms with E-state index in [4.69, 9.17) is 7.16 Å². The van der Waals surface area contributed by atoms with Crippen molar-refractivity contribution in [3.63, 3.8) is 0 Å². The summed E-state index contributed by atoms with van der Waals surface area (Å²) in [4.78, 5) is 0. The van der Waals surface area contributed by atoms with Gasteiger partial charge in [0.25, 0.3) is 0 Å². The summed E-state index contributed by atoms with van der Waals surface area (Å²) in [6.45, 7) is 5.43. The number of rotatable bonds is 4. The van der Waals surface area contributed by atoms with Gasteiger partial charge in [0, 0.05) is 30.7 Å². The molecule has 3 aromatic carbocycles. The van der Waals surface area contributed by atoms with Crippen LogP contribution in [0, 0.1) is 30.0 Å². The fourth-order valence-electron chi connectivity index (χ4n) is 4.59. The number of aryl methyl sites for hydroxylation is 2. The van der Waals surface area contributed by atoms with E-state index >= 15 is 4.39 Å². The van der Waals surface area contributed by atoms with Crippen LogP contribution in [0.1, 0.15) is 33.3 Å². The van der Waals surface area contributed by atoms with E-state index in [1.165, 1.54) is 6.20 Å². The number of pyridine rings is 1. The molecule has 0 bridgehead atoms. The van der Waals surface area contributed by atoms with Gasteiger partial charge in [0.1, 0.15) is 18.2 Å². The predicted molar refractivity (Wildman–Crippen MR) is 134 cm³/mol. The molecule has 2 heterocycles. The topological polar surface area (TPSA) is 40.8 Å². The highest BCUT2D eigenvalue weighted by atomic mass is 19.1. The normalized spacial score (nSPS) is 12.7. The fourth-order valence-corrected chi connectivity index (χ4v) is 4.59. The molecule has 34 heavy (non-hydrogen) atoms. The zero-order valence-corrected chi connectivity index (χ0v) is 19.6. The number of hydrogen-bond donors (Lipinski definition) is 0. The number of nitrogens with zero attached hydrogens (tertiary/aromatic N) is 2. The van der Waals surface area contributed by atoms with Crippen LogP contribution in [-0.2, 0) is 13.4 Å². The molecule has 5 rings (SSSR count). The number of aromatic nitrogens is 1. The van der Waals surface area contributed by atoms with Gasteiger partial charge in [0.15, 0.2) is 5.82 Å². The minimum absolute atomic E-state index is 0.0146. The first-order valence-corrected chi connectivity index (χ1v) is 11.3. The van der Waals surface area contributed by atoms with Crippen LogP contribution in [0.4, 0.5) is 4.39 Å². The number of furan rings is 1. The number of fused-ring (bicyclic) bond motifs is 3. The molecule has 4 heteroatoms. The molecule has 3 nitrogen and oxygen atoms in total. The van der Waals surface area contributed by atoms with E-state index in [0.29, 0.717) is 22.4 Å². The zero-order chi connectivity index (χ0) is 25.8. The predicted octanol–water partition coefficient (Wildman–Crippen LogP) is 7.26. The first-order valence-electron chi connectivity index (χ1n) is 12.3. The molecule has 0 aliphatic carbocycles. The quantitative estimate of drug-likeness (QED) is 0.270. The molecule has 0 fully saturated rings. The van der Waals surface area contributed by atoms with Crippen molar-refractivity contribution >= 4 is 21.9 Å². The van der Waals surface area contributed by atoms with E-state index in [0.717, 1.165) is 33.0 Å². The van der Waals surface area contributed by atoms with Gasteiger partial charge in [-0.2, -0.15) is 9.83 Å². The monoisotopic (exact) mass is 451 g/mol. The molecule has 168 valence electrons. The van der Waals surface area contributed by atoms with E-state index in [1.807, 2.05) is 61.5 Å². The summed E-state index contributed by atoms with van der Waals surface area (Å²) in [7, 11) is 1.74. The summed E-state index contributed by atoms with van der Waals surface area (Å²) < 4.78 is 40.3. The van der Waals surface area contributed by atoms with Gasteiger partial charge in [0.2, 0.25) is 11.9 Å². The minimum atomic E-state index is -1.85. The van der Waals surface area contributed by atoms with Crippen molar-refractivity contribution in [3.05, 3.63) is 89.4 Å². The van der Waals surface area contributed by atoms with Crippen molar-refractivity contribution in [1.82, 2.24) is 0 Å². The van der Waals surface area contributed by atoms with Crippen LogP contribution < -0.4 is 4.57 Å². The summed E-state index contributed by atoms with van der Waals surface area (Å²) in [5.41, 5.74) is 5.87. The number of hydrogen-bond acceptors (Lipinski definition) is 2. The molecule has 0 spiro atoms. The lowest BCUT2D eigenvalue weighted by Crippen LogP contribution is -2.32. The van der Waals surface area contributed by atoms with Crippen molar-refractivity contribution in [1.29, 1.82) is 5.26 Å². The second kappa shape index (κ2) is 8.43. The zero-order valence-electron chi connectivity index (χ0n) is 21.6. The third kappa shape index (κ3) is 3.54. The maximum Gasteiger partial charge on any atom is 0.216 e. The first-order chi connectivity index (χ1) is 17.1. The van der Waals surface area contributed by atoms with Crippen LogP contribution in [0.25, 0.3) is 44.3 Å². The number of halogens is 1. The summed E-state index contributed by atoms with van der Waals surface area (Å²) >= 11 is 0. The molecule has 0 amide bonds. The Labute approximate surface area is 201 Å². The molecule has 5 aromatic rings. The van der Waals surface area contributed by atoms with E-state index < -0.39 is 18.1 Å². The van der Waals surface area contributed by atoms with E-state index in [2.05, 4.69) is 6.07 Å². The fraction of sp³-hybridized carbons (Fsp3) is 0.200. The molecular formula is C30H26FN2O+. The average molecular weight is 452 g/mol. The maximum absolute atomic E-state index is 15.0. The summed E-state index contributed by atoms with van der Waals surface area (Å²) in [5, 5.41) is 11.4.